The lowest BCUT2D eigenvalue weighted by Gasteiger charge is -2.36. The smallest absolute Gasteiger partial charge is 0.147 e. The summed E-state index contributed by atoms with van der Waals surface area (Å²) >= 11 is 0. The van der Waals surface area contributed by atoms with Gasteiger partial charge in [0.2, 0.25) is 0 Å². The zero-order chi connectivity index (χ0) is 14.2. The molecule has 0 N–H and O–H groups in total. The molecule has 1 aromatic rings. The minimum atomic E-state index is 0.260. The largest absolute Gasteiger partial charge is 0.314 e. The SMILES string of the molecule is CC1CN=C(N2c3ccccc3C3=CC2C=CCC3)C=N1. The highest BCUT2D eigenvalue weighted by Gasteiger charge is 2.29. The second-order valence-electron chi connectivity index (χ2n) is 5.86. The molecule has 0 saturated carbocycles. The molecule has 3 aliphatic rings. The minimum absolute atomic E-state index is 0.260. The van der Waals surface area contributed by atoms with Crippen molar-refractivity contribution < 1.29 is 0 Å². The number of fused-ring (bicyclic) bond motifs is 3. The third-order valence-corrected chi connectivity index (χ3v) is 4.30. The zero-order valence-electron chi connectivity index (χ0n) is 12.2. The lowest BCUT2D eigenvalue weighted by Crippen LogP contribution is -2.43. The van der Waals surface area contributed by atoms with E-state index in [4.69, 9.17) is 4.99 Å². The van der Waals surface area contributed by atoms with Crippen molar-refractivity contribution in [1.82, 2.24) is 0 Å². The molecule has 3 nitrogen and oxygen atoms in total. The van der Waals surface area contributed by atoms with Crippen LogP contribution in [0.5, 0.6) is 0 Å². The summed E-state index contributed by atoms with van der Waals surface area (Å²) < 4.78 is 0. The predicted octanol–water partition coefficient (Wildman–Crippen LogP) is 3.48. The van der Waals surface area contributed by atoms with Gasteiger partial charge >= 0.3 is 0 Å². The molecule has 1 aliphatic carbocycles. The fourth-order valence-electron chi connectivity index (χ4n) is 3.24. The van der Waals surface area contributed by atoms with E-state index in [0.29, 0.717) is 6.04 Å². The molecule has 0 spiro atoms. The Kier molecular flexibility index (Phi) is 2.99. The van der Waals surface area contributed by atoms with Crippen LogP contribution in [0.25, 0.3) is 5.57 Å². The second kappa shape index (κ2) is 4.99. The molecule has 0 saturated heterocycles. The molecule has 0 radical (unpaired) electrons. The third kappa shape index (κ3) is 2.13. The van der Waals surface area contributed by atoms with E-state index >= 15 is 0 Å². The van der Waals surface area contributed by atoms with Crippen LogP contribution in [0.1, 0.15) is 25.3 Å². The van der Waals surface area contributed by atoms with Crippen LogP contribution in [-0.2, 0) is 0 Å². The van der Waals surface area contributed by atoms with Crippen molar-refractivity contribution in [2.75, 3.05) is 11.4 Å². The number of hydrogen-bond donors (Lipinski definition) is 0. The molecule has 2 bridgehead atoms. The van der Waals surface area contributed by atoms with Gasteiger partial charge in [-0.25, -0.2) is 0 Å². The summed E-state index contributed by atoms with van der Waals surface area (Å²) in [5.41, 5.74) is 4.05. The highest BCUT2D eigenvalue weighted by molar-refractivity contribution is 6.36. The Morgan fingerprint density at radius 2 is 2.14 bits per heavy atom. The van der Waals surface area contributed by atoms with Crippen molar-refractivity contribution in [2.24, 2.45) is 9.98 Å². The van der Waals surface area contributed by atoms with Gasteiger partial charge in [0.1, 0.15) is 5.84 Å². The van der Waals surface area contributed by atoms with E-state index < -0.39 is 0 Å². The Hall–Kier alpha value is -2.16. The number of para-hydroxylation sites is 1. The van der Waals surface area contributed by atoms with Gasteiger partial charge in [-0.1, -0.05) is 36.4 Å². The summed E-state index contributed by atoms with van der Waals surface area (Å²) in [5, 5.41) is 0. The standard InChI is InChI=1S/C18H19N3/c1-13-11-20-18(12-19-13)21-15-7-3-2-6-14(10-15)16-8-4-5-9-17(16)21/h3-5,7-10,12-13,15H,2,6,11H2,1H3. The predicted molar refractivity (Wildman–Crippen MR) is 89.3 cm³/mol. The van der Waals surface area contributed by atoms with Crippen molar-refractivity contribution in [2.45, 2.75) is 31.8 Å². The minimum Gasteiger partial charge on any atom is -0.314 e. The Bertz CT molecular complexity index is 681. The number of benzene rings is 1. The maximum atomic E-state index is 4.74. The number of anilines is 1. The molecule has 1 aromatic carbocycles. The molecule has 2 unspecified atom stereocenters. The fourth-order valence-corrected chi connectivity index (χ4v) is 3.24. The fraction of sp³-hybridized carbons (Fsp3) is 0.333. The molecule has 0 amide bonds. The summed E-state index contributed by atoms with van der Waals surface area (Å²) in [6, 6.07) is 9.20. The lowest BCUT2D eigenvalue weighted by atomic mass is 9.93. The average molecular weight is 277 g/mol. The Morgan fingerprint density at radius 3 is 3.00 bits per heavy atom. The van der Waals surface area contributed by atoms with Crippen LogP contribution in [0.4, 0.5) is 5.69 Å². The number of rotatable bonds is 0. The summed E-state index contributed by atoms with van der Waals surface area (Å²) in [4.78, 5) is 11.6. The first kappa shape index (κ1) is 12.6. The van der Waals surface area contributed by atoms with Gasteiger partial charge in [-0.3, -0.25) is 9.98 Å². The highest BCUT2D eigenvalue weighted by atomic mass is 15.2. The molecule has 3 heteroatoms. The van der Waals surface area contributed by atoms with Crippen molar-refractivity contribution in [3.05, 3.63) is 48.1 Å². The van der Waals surface area contributed by atoms with Gasteiger partial charge < -0.3 is 4.90 Å². The van der Waals surface area contributed by atoms with Crippen molar-refractivity contribution in [3.8, 4) is 0 Å². The monoisotopic (exact) mass is 277 g/mol. The average Bonchev–Trinajstić information content (AvgIpc) is 2.73. The van der Waals surface area contributed by atoms with Crippen LogP contribution < -0.4 is 4.90 Å². The van der Waals surface area contributed by atoms with E-state index in [9.17, 15) is 0 Å². The summed E-state index contributed by atoms with van der Waals surface area (Å²) in [6.07, 6.45) is 11.1. The van der Waals surface area contributed by atoms with E-state index in [1.54, 1.807) is 0 Å². The van der Waals surface area contributed by atoms with E-state index in [1.165, 1.54) is 16.8 Å². The first-order valence-electron chi connectivity index (χ1n) is 7.66. The molecular weight excluding hydrogens is 258 g/mol. The Balaban J connectivity index is 1.84. The molecule has 106 valence electrons. The highest BCUT2D eigenvalue weighted by Crippen LogP contribution is 2.38. The number of allylic oxidation sites excluding steroid dienone is 2. The van der Waals surface area contributed by atoms with Gasteiger partial charge in [0.05, 0.1) is 30.5 Å². The van der Waals surface area contributed by atoms with Crippen LogP contribution in [0.2, 0.25) is 0 Å². The number of amidine groups is 1. The van der Waals surface area contributed by atoms with Gasteiger partial charge in [-0.2, -0.15) is 0 Å². The maximum Gasteiger partial charge on any atom is 0.147 e. The second-order valence-corrected chi connectivity index (χ2v) is 5.86. The van der Waals surface area contributed by atoms with Crippen molar-refractivity contribution in [1.29, 1.82) is 0 Å². The van der Waals surface area contributed by atoms with Crippen molar-refractivity contribution >= 4 is 23.3 Å². The van der Waals surface area contributed by atoms with Gasteiger partial charge in [0.25, 0.3) is 0 Å². The molecule has 4 rings (SSSR count). The van der Waals surface area contributed by atoms with Gasteiger partial charge in [-0.05, 0) is 31.4 Å². The first-order valence-corrected chi connectivity index (χ1v) is 7.66. The number of nitrogens with zero attached hydrogens (tertiary/aromatic N) is 3. The molecular formula is C18H19N3. The first-order chi connectivity index (χ1) is 10.3. The Labute approximate surface area is 125 Å². The van der Waals surface area contributed by atoms with E-state index in [0.717, 1.165) is 25.2 Å². The van der Waals surface area contributed by atoms with E-state index in [2.05, 4.69) is 59.3 Å². The Morgan fingerprint density at radius 1 is 1.24 bits per heavy atom. The molecule has 21 heavy (non-hydrogen) atoms. The molecule has 0 fully saturated rings. The van der Waals surface area contributed by atoms with Gasteiger partial charge in [0.15, 0.2) is 0 Å². The van der Waals surface area contributed by atoms with Crippen LogP contribution >= 0.6 is 0 Å². The van der Waals surface area contributed by atoms with Crippen LogP contribution in [0.15, 0.2) is 52.5 Å². The lowest BCUT2D eigenvalue weighted by molar-refractivity contribution is 0.748. The molecule has 2 atom stereocenters. The molecule has 2 aliphatic heterocycles. The molecule has 0 aromatic heterocycles. The van der Waals surface area contributed by atoms with Gasteiger partial charge in [-0.15, -0.1) is 0 Å². The summed E-state index contributed by atoms with van der Waals surface area (Å²) in [7, 11) is 0. The van der Waals surface area contributed by atoms with E-state index in [-0.39, 0.29) is 6.04 Å². The van der Waals surface area contributed by atoms with Gasteiger partial charge in [0, 0.05) is 5.56 Å². The van der Waals surface area contributed by atoms with Crippen LogP contribution in [0.3, 0.4) is 0 Å². The normalized spacial score (nSPS) is 26.8. The maximum absolute atomic E-state index is 4.74. The zero-order valence-corrected chi connectivity index (χ0v) is 12.2. The van der Waals surface area contributed by atoms with Crippen molar-refractivity contribution in [3.63, 3.8) is 0 Å². The van der Waals surface area contributed by atoms with E-state index in [1.807, 2.05) is 6.21 Å². The van der Waals surface area contributed by atoms with Crippen LogP contribution in [0, 0.1) is 0 Å². The summed E-state index contributed by atoms with van der Waals surface area (Å²) in [5.74, 6) is 0.979. The number of aliphatic imine (C=N–C) groups is 2. The number of hydrogen-bond acceptors (Lipinski definition) is 3. The quantitative estimate of drug-likeness (QED) is 0.667. The van der Waals surface area contributed by atoms with Crippen LogP contribution in [-0.4, -0.2) is 30.7 Å². The topological polar surface area (TPSA) is 28.0 Å². The third-order valence-electron chi connectivity index (χ3n) is 4.30. The molecule has 2 heterocycles. The summed E-state index contributed by atoms with van der Waals surface area (Å²) in [6.45, 7) is 2.88.